The Kier molecular flexibility index (Phi) is 9.28. The second kappa shape index (κ2) is 13.4. The summed E-state index contributed by atoms with van der Waals surface area (Å²) >= 11 is 1.24. The highest BCUT2D eigenvalue weighted by molar-refractivity contribution is 8.13. The van der Waals surface area contributed by atoms with Gasteiger partial charge in [0.05, 0.1) is 37.9 Å². The molecule has 6 rings (SSSR count). The number of nitriles is 1. The predicted octanol–water partition coefficient (Wildman–Crippen LogP) is 4.93. The number of hydrogen-bond donors (Lipinski definition) is 5. The molecule has 1 saturated heterocycles. The number of nitrogens with zero attached hydrogens (tertiary/aromatic N) is 4. The molecule has 5 N–H and O–H groups in total. The number of benzene rings is 3. The van der Waals surface area contributed by atoms with Crippen LogP contribution in [0.5, 0.6) is 28.7 Å². The maximum absolute atomic E-state index is 13.4. The molecule has 12 nitrogen and oxygen atoms in total. The van der Waals surface area contributed by atoms with Crippen LogP contribution in [0.25, 0.3) is 6.08 Å². The van der Waals surface area contributed by atoms with Crippen molar-refractivity contribution in [1.82, 2.24) is 15.1 Å². The van der Waals surface area contributed by atoms with E-state index in [1.807, 2.05) is 55.3 Å². The van der Waals surface area contributed by atoms with Crippen molar-refractivity contribution in [1.29, 1.82) is 5.26 Å². The molecule has 3 heterocycles. The van der Waals surface area contributed by atoms with Gasteiger partial charge in [-0.05, 0) is 75.5 Å². The molecule has 3 aliphatic heterocycles. The number of ether oxygens (including phenoxy) is 2. The highest BCUT2D eigenvalue weighted by atomic mass is 32.2. The zero-order chi connectivity index (χ0) is 35.1. The van der Waals surface area contributed by atoms with Crippen molar-refractivity contribution in [2.24, 2.45) is 4.99 Å². The summed E-state index contributed by atoms with van der Waals surface area (Å²) in [6, 6.07) is 11.0. The molecule has 0 spiro atoms. The van der Waals surface area contributed by atoms with Crippen LogP contribution in [0.15, 0.2) is 47.1 Å². The maximum atomic E-state index is 13.4. The largest absolute Gasteiger partial charge is 0.507 e. The Bertz CT molecular complexity index is 1890. The first-order valence-electron chi connectivity index (χ1n) is 15.9. The van der Waals surface area contributed by atoms with Gasteiger partial charge < -0.3 is 39.7 Å². The molecule has 1 unspecified atom stereocenters. The van der Waals surface area contributed by atoms with Crippen LogP contribution in [0.4, 0.5) is 5.69 Å². The highest BCUT2D eigenvalue weighted by Crippen LogP contribution is 2.58. The fourth-order valence-electron chi connectivity index (χ4n) is 7.44. The van der Waals surface area contributed by atoms with Crippen LogP contribution >= 0.6 is 11.9 Å². The average molecular weight is 685 g/mol. The number of aliphatic imine (C=N–C) groups is 1. The van der Waals surface area contributed by atoms with E-state index < -0.39 is 24.2 Å². The van der Waals surface area contributed by atoms with Crippen molar-refractivity contribution in [2.75, 3.05) is 32.5 Å². The number of anilines is 1. The van der Waals surface area contributed by atoms with Crippen molar-refractivity contribution < 1.29 is 29.6 Å². The summed E-state index contributed by atoms with van der Waals surface area (Å²) in [5.41, 5.74) is 6.47. The van der Waals surface area contributed by atoms with Crippen molar-refractivity contribution in [2.45, 2.75) is 57.4 Å². The van der Waals surface area contributed by atoms with Crippen LogP contribution in [0.3, 0.4) is 0 Å². The zero-order valence-corrected chi connectivity index (χ0v) is 29.0. The molecule has 0 radical (unpaired) electrons. The molecule has 3 aliphatic rings. The minimum Gasteiger partial charge on any atom is -0.507 e. The van der Waals surface area contributed by atoms with E-state index in [0.717, 1.165) is 16.8 Å². The van der Waals surface area contributed by atoms with Gasteiger partial charge >= 0.3 is 0 Å². The van der Waals surface area contributed by atoms with E-state index in [0.29, 0.717) is 40.1 Å². The van der Waals surface area contributed by atoms with Crippen molar-refractivity contribution in [3.05, 3.63) is 75.5 Å². The molecule has 5 atom stereocenters. The Hall–Kier alpha value is -5.06. The lowest BCUT2D eigenvalue weighted by molar-refractivity contribution is -0.122. The van der Waals surface area contributed by atoms with Gasteiger partial charge in [0, 0.05) is 46.2 Å². The van der Waals surface area contributed by atoms with Gasteiger partial charge in [0.15, 0.2) is 23.0 Å². The maximum Gasteiger partial charge on any atom is 0.244 e. The third-order valence-electron chi connectivity index (χ3n) is 9.79. The molecular formula is C36H40N6O6S. The molecule has 0 saturated carbocycles. The minimum atomic E-state index is -0.788. The van der Waals surface area contributed by atoms with Crippen molar-refractivity contribution in [3.63, 3.8) is 0 Å². The lowest BCUT2D eigenvalue weighted by Gasteiger charge is -2.57. The van der Waals surface area contributed by atoms with Gasteiger partial charge in [-0.2, -0.15) is 5.26 Å². The first-order chi connectivity index (χ1) is 23.5. The van der Waals surface area contributed by atoms with Crippen LogP contribution < -0.4 is 19.5 Å². The molecule has 13 heteroatoms. The third-order valence-corrected chi connectivity index (χ3v) is 10.4. The summed E-state index contributed by atoms with van der Waals surface area (Å²) in [6.07, 6.45) is 2.24. The summed E-state index contributed by atoms with van der Waals surface area (Å²) in [6.45, 7) is 5.18. The van der Waals surface area contributed by atoms with E-state index in [-0.39, 0.29) is 41.5 Å². The first kappa shape index (κ1) is 33.8. The van der Waals surface area contributed by atoms with Gasteiger partial charge in [0.2, 0.25) is 5.91 Å². The van der Waals surface area contributed by atoms with E-state index in [1.165, 1.54) is 26.2 Å². The van der Waals surface area contributed by atoms with E-state index >= 15 is 0 Å². The standard InChI is InChI=1S/C36H40N6O6S/c1-18-12-21-13-24-26(15-37)42-25(30(41(24)4)28(21)32(44)34(18)47-5)14-23-29(33(45)35(48-6)19(2)31(23)43)27(42)16-38-36(46)20(3)39-17-49-40-22-10-8-7-9-11-22/h7-12,14,17,20,24,26-27,30,40,43-45H,13,16H2,1-6H3,(H,38,46)/t20?,24-,26-,27-,30+/m0/s1. The number of methoxy groups -OCH3 is 2. The fourth-order valence-corrected chi connectivity index (χ4v) is 8.00. The lowest BCUT2D eigenvalue weighted by Crippen LogP contribution is -2.62. The normalized spacial score (nSPS) is 21.5. The van der Waals surface area contributed by atoms with Crippen LogP contribution in [0.1, 0.15) is 52.4 Å². The van der Waals surface area contributed by atoms with Crippen LogP contribution in [-0.4, -0.2) is 82.5 Å². The number of carbonyl (C=O) groups excluding carboxylic acids is 1. The number of piperazine rings is 1. The minimum absolute atomic E-state index is 0.0176. The van der Waals surface area contributed by atoms with E-state index in [1.54, 1.807) is 25.5 Å². The molecule has 3 aromatic rings. The van der Waals surface area contributed by atoms with Gasteiger partial charge in [-0.15, -0.1) is 0 Å². The molecule has 1 fully saturated rings. The number of aromatic hydroxyl groups is 3. The molecule has 0 aliphatic carbocycles. The Morgan fingerprint density at radius 2 is 1.82 bits per heavy atom. The van der Waals surface area contributed by atoms with E-state index in [9.17, 15) is 25.4 Å². The number of aryl methyl sites for hydroxylation is 1. The fraction of sp³-hybridized carbons (Fsp3) is 0.361. The second-order valence-electron chi connectivity index (χ2n) is 12.5. The Morgan fingerprint density at radius 1 is 1.12 bits per heavy atom. The van der Waals surface area contributed by atoms with Crippen molar-refractivity contribution in [3.8, 4) is 34.8 Å². The van der Waals surface area contributed by atoms with Gasteiger partial charge in [0.25, 0.3) is 0 Å². The molecule has 49 heavy (non-hydrogen) atoms. The topological polar surface area (TPSA) is 163 Å². The van der Waals surface area contributed by atoms with Crippen LogP contribution in [-0.2, 0) is 11.2 Å². The molecule has 1 amide bonds. The van der Waals surface area contributed by atoms with Crippen LogP contribution in [0, 0.1) is 25.2 Å². The number of phenols is 3. The van der Waals surface area contributed by atoms with Gasteiger partial charge in [-0.1, -0.05) is 24.3 Å². The monoisotopic (exact) mass is 684 g/mol. The second-order valence-corrected chi connectivity index (χ2v) is 13.1. The summed E-state index contributed by atoms with van der Waals surface area (Å²) in [4.78, 5) is 21.8. The first-order valence-corrected chi connectivity index (χ1v) is 16.8. The number of hydrogen-bond acceptors (Lipinski definition) is 12. The Balaban J connectivity index is 1.40. The smallest absolute Gasteiger partial charge is 0.244 e. The summed E-state index contributed by atoms with van der Waals surface area (Å²) in [7, 11) is 4.84. The highest BCUT2D eigenvalue weighted by Gasteiger charge is 2.53. The van der Waals surface area contributed by atoms with Gasteiger partial charge in [0.1, 0.15) is 17.8 Å². The number of likely N-dealkylation sites (N-methyl/N-ethyl adjacent to an activating group) is 1. The zero-order valence-electron chi connectivity index (χ0n) is 28.2. The SMILES string of the molecule is COc1c(C)cc2c(c1O)[C@H]1C3=Cc4c(O)c(C)c(OC)c(O)c4[C@H](CNC(=O)C(C)N=CSNc4ccccc4)N3[C@@H](C#N)[C@H](C2)N1C. The molecule has 256 valence electrons. The number of para-hydroxylation sites is 1. The predicted molar refractivity (Wildman–Crippen MR) is 189 cm³/mol. The van der Waals surface area contributed by atoms with Gasteiger partial charge in [-0.25, -0.2) is 0 Å². The number of nitrogens with one attached hydrogen (secondary N) is 2. The van der Waals surface area contributed by atoms with E-state index in [2.05, 4.69) is 26.0 Å². The molecular weight excluding hydrogens is 644 g/mol. The molecule has 2 bridgehead atoms. The summed E-state index contributed by atoms with van der Waals surface area (Å²) in [5.74, 6) is -0.136. The van der Waals surface area contributed by atoms with Crippen LogP contribution in [0.2, 0.25) is 0 Å². The molecule has 3 aromatic carbocycles. The third kappa shape index (κ3) is 5.64. The Morgan fingerprint density at radius 3 is 2.49 bits per heavy atom. The van der Waals surface area contributed by atoms with E-state index in [4.69, 9.17) is 9.47 Å². The number of rotatable bonds is 9. The number of amides is 1. The summed E-state index contributed by atoms with van der Waals surface area (Å²) < 4.78 is 14.2. The number of fused-ring (bicyclic) bond motifs is 7. The average Bonchev–Trinajstić information content (AvgIpc) is 3.09. The lowest BCUT2D eigenvalue weighted by atomic mass is 9.75. The Labute approximate surface area is 289 Å². The molecule has 0 aromatic heterocycles. The quantitative estimate of drug-likeness (QED) is 0.0899. The number of phenolic OH excluding ortho intramolecular Hbond substituents is 3. The number of carbonyl (C=O) groups is 1. The summed E-state index contributed by atoms with van der Waals surface area (Å²) in [5, 5.41) is 48.5. The van der Waals surface area contributed by atoms with Crippen molar-refractivity contribution >= 4 is 35.2 Å². The van der Waals surface area contributed by atoms with Gasteiger partial charge in [-0.3, -0.25) is 14.7 Å².